The standard InChI is InChI=1S/C4H5N3/c5-4-1-6-3-7-2-4/h1,3,5H,2H2. The molecule has 0 aromatic heterocycles. The predicted octanol–water partition coefficient (Wildman–Crippen LogP) is 0.119. The highest BCUT2D eigenvalue weighted by molar-refractivity contribution is 6.32. The van der Waals surface area contributed by atoms with E-state index in [1.807, 2.05) is 0 Å². The fourth-order valence-electron chi connectivity index (χ4n) is 0.350. The molecule has 1 rings (SSSR count). The second kappa shape index (κ2) is 1.64. The van der Waals surface area contributed by atoms with Crippen molar-refractivity contribution >= 4 is 18.3 Å². The molecule has 7 heavy (non-hydrogen) atoms. The van der Waals surface area contributed by atoms with Crippen LogP contribution < -0.4 is 0 Å². The molecule has 0 aliphatic carbocycles. The van der Waals surface area contributed by atoms with Crippen LogP contribution in [-0.2, 0) is 0 Å². The molecule has 0 atom stereocenters. The second-order valence-electron chi connectivity index (χ2n) is 1.26. The van der Waals surface area contributed by atoms with E-state index < -0.39 is 0 Å². The van der Waals surface area contributed by atoms with E-state index in [0.29, 0.717) is 12.3 Å². The maximum Gasteiger partial charge on any atom is 0.110 e. The molecule has 1 heterocycles. The van der Waals surface area contributed by atoms with Crippen molar-refractivity contribution in [3.63, 3.8) is 0 Å². The van der Waals surface area contributed by atoms with Crippen LogP contribution in [-0.4, -0.2) is 24.8 Å². The van der Waals surface area contributed by atoms with Gasteiger partial charge in [-0.05, 0) is 0 Å². The Morgan fingerprint density at radius 3 is 2.86 bits per heavy atom. The van der Waals surface area contributed by atoms with Crippen LogP contribution in [0.5, 0.6) is 0 Å². The quantitative estimate of drug-likeness (QED) is 0.444. The molecule has 0 spiro atoms. The Morgan fingerprint density at radius 1 is 1.71 bits per heavy atom. The van der Waals surface area contributed by atoms with E-state index >= 15 is 0 Å². The first-order valence-electron chi connectivity index (χ1n) is 1.98. The van der Waals surface area contributed by atoms with Gasteiger partial charge in [-0.3, -0.25) is 4.99 Å². The van der Waals surface area contributed by atoms with Gasteiger partial charge in [0.05, 0.1) is 18.5 Å². The molecular formula is C4H5N3. The maximum absolute atomic E-state index is 6.93. The van der Waals surface area contributed by atoms with Crippen molar-refractivity contribution in [2.75, 3.05) is 6.54 Å². The Kier molecular flexibility index (Phi) is 0.978. The van der Waals surface area contributed by atoms with Crippen LogP contribution in [0.1, 0.15) is 0 Å². The van der Waals surface area contributed by atoms with Gasteiger partial charge < -0.3 is 5.41 Å². The summed E-state index contributed by atoms with van der Waals surface area (Å²) in [4.78, 5) is 7.33. The summed E-state index contributed by atoms with van der Waals surface area (Å²) >= 11 is 0. The summed E-state index contributed by atoms with van der Waals surface area (Å²) in [5, 5.41) is 6.93. The first kappa shape index (κ1) is 4.18. The van der Waals surface area contributed by atoms with E-state index in [1.54, 1.807) is 0 Å². The largest absolute Gasteiger partial charge is 0.302 e. The third-order valence-corrected chi connectivity index (χ3v) is 0.640. The first-order valence-corrected chi connectivity index (χ1v) is 1.98. The second-order valence-corrected chi connectivity index (χ2v) is 1.26. The third kappa shape index (κ3) is 0.924. The monoisotopic (exact) mass is 95.0 g/mol. The molecule has 0 unspecified atom stereocenters. The Hall–Kier alpha value is -0.990. The minimum absolute atomic E-state index is 0.475. The summed E-state index contributed by atoms with van der Waals surface area (Å²) in [6, 6.07) is 0. The zero-order valence-corrected chi connectivity index (χ0v) is 3.76. The molecule has 1 aliphatic rings. The maximum atomic E-state index is 6.93. The van der Waals surface area contributed by atoms with Crippen LogP contribution in [0.2, 0.25) is 0 Å². The fourth-order valence-corrected chi connectivity index (χ4v) is 0.350. The van der Waals surface area contributed by atoms with Gasteiger partial charge in [-0.1, -0.05) is 0 Å². The van der Waals surface area contributed by atoms with Gasteiger partial charge in [-0.15, -0.1) is 0 Å². The number of hydrogen-bond donors (Lipinski definition) is 1. The molecule has 3 heteroatoms. The lowest BCUT2D eigenvalue weighted by Gasteiger charge is -1.91. The minimum atomic E-state index is 0.475. The number of aliphatic imine (C=N–C) groups is 2. The predicted molar refractivity (Wildman–Crippen MR) is 29.6 cm³/mol. The Bertz CT molecular complexity index is 134. The van der Waals surface area contributed by atoms with Gasteiger partial charge in [0, 0.05) is 0 Å². The summed E-state index contributed by atoms with van der Waals surface area (Å²) in [6.07, 6.45) is 2.95. The smallest absolute Gasteiger partial charge is 0.110 e. The minimum Gasteiger partial charge on any atom is -0.302 e. The topological polar surface area (TPSA) is 48.6 Å². The van der Waals surface area contributed by atoms with Crippen molar-refractivity contribution in [1.82, 2.24) is 0 Å². The van der Waals surface area contributed by atoms with E-state index in [1.165, 1.54) is 12.6 Å². The van der Waals surface area contributed by atoms with E-state index in [4.69, 9.17) is 5.41 Å². The van der Waals surface area contributed by atoms with Crippen molar-refractivity contribution < 1.29 is 0 Å². The molecule has 0 fully saturated rings. The number of nitrogens with one attached hydrogen (secondary N) is 1. The molecule has 3 nitrogen and oxygen atoms in total. The normalized spacial score (nSPS) is 18.0. The first-order chi connectivity index (χ1) is 3.39. The van der Waals surface area contributed by atoms with Gasteiger partial charge in [-0.25, -0.2) is 4.99 Å². The van der Waals surface area contributed by atoms with Crippen LogP contribution in [0.3, 0.4) is 0 Å². The number of hydrogen-bond acceptors (Lipinski definition) is 3. The molecule has 0 saturated carbocycles. The van der Waals surface area contributed by atoms with E-state index in [-0.39, 0.29) is 0 Å². The molecule has 0 bridgehead atoms. The van der Waals surface area contributed by atoms with Gasteiger partial charge in [0.1, 0.15) is 6.34 Å². The van der Waals surface area contributed by atoms with Gasteiger partial charge in [-0.2, -0.15) is 0 Å². The van der Waals surface area contributed by atoms with Crippen LogP contribution in [0.15, 0.2) is 9.98 Å². The molecule has 0 amide bonds. The summed E-state index contributed by atoms with van der Waals surface area (Å²) in [5.74, 6) is 0. The Labute approximate surface area is 41.3 Å². The summed E-state index contributed by atoms with van der Waals surface area (Å²) in [7, 11) is 0. The Balaban J connectivity index is 2.66. The zero-order valence-electron chi connectivity index (χ0n) is 3.76. The SMILES string of the molecule is N=C1C=NC=NC1. The zero-order chi connectivity index (χ0) is 5.11. The lowest BCUT2D eigenvalue weighted by atomic mass is 10.4. The molecular weight excluding hydrogens is 90.1 g/mol. The van der Waals surface area contributed by atoms with Crippen LogP contribution in [0.25, 0.3) is 0 Å². The van der Waals surface area contributed by atoms with Crippen molar-refractivity contribution in [3.05, 3.63) is 0 Å². The van der Waals surface area contributed by atoms with Crippen molar-refractivity contribution in [2.45, 2.75) is 0 Å². The van der Waals surface area contributed by atoms with Crippen LogP contribution >= 0.6 is 0 Å². The lowest BCUT2D eigenvalue weighted by Crippen LogP contribution is -2.05. The molecule has 0 saturated heterocycles. The molecule has 0 radical (unpaired) electrons. The van der Waals surface area contributed by atoms with Gasteiger partial charge in [0.25, 0.3) is 0 Å². The van der Waals surface area contributed by atoms with E-state index in [2.05, 4.69) is 9.98 Å². The number of nitrogens with zero attached hydrogens (tertiary/aromatic N) is 2. The number of rotatable bonds is 0. The van der Waals surface area contributed by atoms with Crippen LogP contribution in [0, 0.1) is 5.41 Å². The van der Waals surface area contributed by atoms with Crippen molar-refractivity contribution in [2.24, 2.45) is 9.98 Å². The van der Waals surface area contributed by atoms with Gasteiger partial charge in [0.2, 0.25) is 0 Å². The molecule has 36 valence electrons. The molecule has 1 N–H and O–H groups in total. The van der Waals surface area contributed by atoms with Crippen molar-refractivity contribution in [3.8, 4) is 0 Å². The van der Waals surface area contributed by atoms with Gasteiger partial charge in [0.15, 0.2) is 0 Å². The highest BCUT2D eigenvalue weighted by atomic mass is 14.9. The summed E-state index contributed by atoms with van der Waals surface area (Å²) < 4.78 is 0. The Morgan fingerprint density at radius 2 is 2.57 bits per heavy atom. The average molecular weight is 95.1 g/mol. The summed E-state index contributed by atoms with van der Waals surface area (Å²) in [5.41, 5.74) is 0.475. The highest BCUT2D eigenvalue weighted by Crippen LogP contribution is 1.77. The van der Waals surface area contributed by atoms with Crippen molar-refractivity contribution in [1.29, 1.82) is 5.41 Å². The molecule has 0 aromatic rings. The third-order valence-electron chi connectivity index (χ3n) is 0.640. The fraction of sp³-hybridized carbons (Fsp3) is 0.250. The summed E-state index contributed by atoms with van der Waals surface area (Å²) in [6.45, 7) is 0.490. The van der Waals surface area contributed by atoms with E-state index in [0.717, 1.165) is 0 Å². The highest BCUT2D eigenvalue weighted by Gasteiger charge is 1.89. The average Bonchev–Trinajstić information content (AvgIpc) is 1.69. The molecule has 0 aromatic carbocycles. The van der Waals surface area contributed by atoms with Gasteiger partial charge >= 0.3 is 0 Å². The lowest BCUT2D eigenvalue weighted by molar-refractivity contribution is 1.27. The van der Waals surface area contributed by atoms with Crippen LogP contribution in [0.4, 0.5) is 0 Å². The molecule has 1 aliphatic heterocycles. The van der Waals surface area contributed by atoms with E-state index in [9.17, 15) is 0 Å².